The second kappa shape index (κ2) is 12.3. The molecule has 0 radical (unpaired) electrons. The summed E-state index contributed by atoms with van der Waals surface area (Å²) in [4.78, 5) is 15.6. The standard InChI is InChI=1S/C18H33N5O2/c1-5-19-18(20-11-8-6-7-10-17(24)25-4)21-12-9-13-23-16(3)14-15(2)22-23/h14H,5-13H2,1-4H3,(H2,19,20,21). The number of nitrogens with one attached hydrogen (secondary N) is 2. The summed E-state index contributed by atoms with van der Waals surface area (Å²) in [6.07, 6.45) is 4.33. The maximum absolute atomic E-state index is 11.0. The molecule has 2 N–H and O–H groups in total. The Morgan fingerprint density at radius 2 is 2.04 bits per heavy atom. The molecule has 7 nitrogen and oxygen atoms in total. The lowest BCUT2D eigenvalue weighted by molar-refractivity contribution is -0.140. The number of ether oxygens (including phenoxy) is 1. The normalized spacial score (nSPS) is 11.4. The number of aromatic nitrogens is 2. The van der Waals surface area contributed by atoms with Gasteiger partial charge in [0.15, 0.2) is 5.96 Å². The van der Waals surface area contributed by atoms with Gasteiger partial charge in [0.05, 0.1) is 12.8 Å². The Kier molecular flexibility index (Phi) is 10.4. The van der Waals surface area contributed by atoms with Crippen molar-refractivity contribution in [3.63, 3.8) is 0 Å². The number of carbonyl (C=O) groups excluding carboxylic acids is 1. The second-order valence-electron chi connectivity index (χ2n) is 6.08. The Balaban J connectivity index is 2.22. The Morgan fingerprint density at radius 3 is 2.68 bits per heavy atom. The van der Waals surface area contributed by atoms with Gasteiger partial charge in [0.1, 0.15) is 0 Å². The smallest absolute Gasteiger partial charge is 0.305 e. The predicted molar refractivity (Wildman–Crippen MR) is 101 cm³/mol. The van der Waals surface area contributed by atoms with E-state index in [1.54, 1.807) is 0 Å². The summed E-state index contributed by atoms with van der Waals surface area (Å²) in [7, 11) is 1.43. The van der Waals surface area contributed by atoms with Crippen molar-refractivity contribution >= 4 is 11.9 Å². The van der Waals surface area contributed by atoms with E-state index in [0.29, 0.717) is 6.42 Å². The lowest BCUT2D eigenvalue weighted by Gasteiger charge is -2.11. The minimum atomic E-state index is -0.134. The van der Waals surface area contributed by atoms with E-state index >= 15 is 0 Å². The average Bonchev–Trinajstić information content (AvgIpc) is 2.91. The Hall–Kier alpha value is -2.05. The fourth-order valence-electron chi connectivity index (χ4n) is 2.53. The van der Waals surface area contributed by atoms with Crippen LogP contribution >= 0.6 is 0 Å². The van der Waals surface area contributed by atoms with Crippen molar-refractivity contribution in [3.05, 3.63) is 17.5 Å². The molecule has 1 aromatic heterocycles. The van der Waals surface area contributed by atoms with Crippen LogP contribution in [-0.4, -0.2) is 48.5 Å². The molecule has 0 bridgehead atoms. The van der Waals surface area contributed by atoms with Crippen molar-refractivity contribution in [1.29, 1.82) is 0 Å². The van der Waals surface area contributed by atoms with Gasteiger partial charge in [-0.2, -0.15) is 5.10 Å². The maximum Gasteiger partial charge on any atom is 0.305 e. The van der Waals surface area contributed by atoms with Crippen LogP contribution in [0.5, 0.6) is 0 Å². The second-order valence-corrected chi connectivity index (χ2v) is 6.08. The van der Waals surface area contributed by atoms with Crippen LogP contribution in [-0.2, 0) is 16.1 Å². The molecule has 0 spiro atoms. The summed E-state index contributed by atoms with van der Waals surface area (Å²) < 4.78 is 6.67. The van der Waals surface area contributed by atoms with Crippen LogP contribution in [0.25, 0.3) is 0 Å². The largest absolute Gasteiger partial charge is 0.469 e. The van der Waals surface area contributed by atoms with E-state index in [4.69, 9.17) is 0 Å². The predicted octanol–water partition coefficient (Wildman–Crippen LogP) is 2.18. The zero-order valence-electron chi connectivity index (χ0n) is 16.1. The number of aliphatic imine (C=N–C) groups is 1. The first-order valence-electron chi connectivity index (χ1n) is 9.16. The maximum atomic E-state index is 11.0. The number of guanidine groups is 1. The van der Waals surface area contributed by atoms with E-state index in [1.165, 1.54) is 12.8 Å². The van der Waals surface area contributed by atoms with Gasteiger partial charge in [0.2, 0.25) is 0 Å². The van der Waals surface area contributed by atoms with Crippen LogP contribution < -0.4 is 10.6 Å². The summed E-state index contributed by atoms with van der Waals surface area (Å²) in [6.45, 7) is 9.49. The number of carbonyl (C=O) groups is 1. The molecule has 0 fully saturated rings. The summed E-state index contributed by atoms with van der Waals surface area (Å²) in [5, 5.41) is 11.1. The number of unbranched alkanes of at least 4 members (excludes halogenated alkanes) is 2. The monoisotopic (exact) mass is 351 g/mol. The lowest BCUT2D eigenvalue weighted by atomic mass is 10.2. The molecule has 1 aromatic rings. The summed E-state index contributed by atoms with van der Waals surface area (Å²) in [5.74, 6) is 0.717. The molecular formula is C18H33N5O2. The van der Waals surface area contributed by atoms with Gasteiger partial charge < -0.3 is 15.4 Å². The molecule has 1 rings (SSSR count). The van der Waals surface area contributed by atoms with Crippen molar-refractivity contribution in [1.82, 2.24) is 20.4 Å². The van der Waals surface area contributed by atoms with Crippen LogP contribution in [0, 0.1) is 13.8 Å². The minimum absolute atomic E-state index is 0.134. The number of nitrogens with zero attached hydrogens (tertiary/aromatic N) is 3. The third-order valence-corrected chi connectivity index (χ3v) is 3.82. The van der Waals surface area contributed by atoms with Crippen LogP contribution in [0.1, 0.15) is 50.4 Å². The van der Waals surface area contributed by atoms with Crippen LogP contribution in [0.15, 0.2) is 11.1 Å². The summed E-state index contributed by atoms with van der Waals surface area (Å²) in [5.41, 5.74) is 2.25. The molecule has 25 heavy (non-hydrogen) atoms. The number of hydrogen-bond acceptors (Lipinski definition) is 4. The highest BCUT2D eigenvalue weighted by Gasteiger charge is 2.02. The van der Waals surface area contributed by atoms with Gasteiger partial charge >= 0.3 is 5.97 Å². The van der Waals surface area contributed by atoms with Crippen LogP contribution in [0.3, 0.4) is 0 Å². The first-order valence-corrected chi connectivity index (χ1v) is 9.16. The number of aryl methyl sites for hydroxylation is 3. The molecule has 0 aliphatic carbocycles. The molecule has 0 aliphatic heterocycles. The molecule has 0 aliphatic rings. The molecule has 0 saturated heterocycles. The lowest BCUT2D eigenvalue weighted by Crippen LogP contribution is -2.37. The molecule has 1 heterocycles. The van der Waals surface area contributed by atoms with Crippen molar-refractivity contribution in [2.45, 2.75) is 59.4 Å². The molecule has 0 aromatic carbocycles. The van der Waals surface area contributed by atoms with Crippen molar-refractivity contribution in [3.8, 4) is 0 Å². The van der Waals surface area contributed by atoms with Gasteiger partial charge in [0, 0.05) is 38.3 Å². The Bertz CT molecular complexity index is 540. The fourth-order valence-corrected chi connectivity index (χ4v) is 2.53. The molecule has 0 atom stereocenters. The molecule has 7 heteroatoms. The van der Waals surface area contributed by atoms with Gasteiger partial charge in [-0.1, -0.05) is 6.42 Å². The molecular weight excluding hydrogens is 318 g/mol. The van der Waals surface area contributed by atoms with E-state index in [9.17, 15) is 4.79 Å². The third kappa shape index (κ3) is 9.12. The highest BCUT2D eigenvalue weighted by atomic mass is 16.5. The van der Waals surface area contributed by atoms with E-state index in [1.807, 2.05) is 11.6 Å². The minimum Gasteiger partial charge on any atom is -0.469 e. The van der Waals surface area contributed by atoms with Crippen LogP contribution in [0.2, 0.25) is 0 Å². The van der Waals surface area contributed by atoms with Crippen LogP contribution in [0.4, 0.5) is 0 Å². The zero-order valence-corrected chi connectivity index (χ0v) is 16.1. The number of methoxy groups -OCH3 is 1. The Labute approximate surface area is 151 Å². The highest BCUT2D eigenvalue weighted by molar-refractivity contribution is 5.79. The summed E-state index contributed by atoms with van der Waals surface area (Å²) in [6, 6.07) is 2.09. The number of hydrogen-bond donors (Lipinski definition) is 2. The number of esters is 1. The van der Waals surface area contributed by atoms with Crippen molar-refractivity contribution < 1.29 is 9.53 Å². The van der Waals surface area contributed by atoms with Crippen molar-refractivity contribution in [2.24, 2.45) is 4.99 Å². The molecule has 0 unspecified atom stereocenters. The average molecular weight is 351 g/mol. The van der Waals surface area contributed by atoms with Gasteiger partial charge in [0.25, 0.3) is 0 Å². The highest BCUT2D eigenvalue weighted by Crippen LogP contribution is 2.03. The van der Waals surface area contributed by atoms with E-state index in [2.05, 4.69) is 45.4 Å². The van der Waals surface area contributed by atoms with E-state index < -0.39 is 0 Å². The molecule has 0 amide bonds. The topological polar surface area (TPSA) is 80.5 Å². The van der Waals surface area contributed by atoms with Crippen molar-refractivity contribution in [2.75, 3.05) is 26.7 Å². The first-order chi connectivity index (χ1) is 12.1. The SMILES string of the molecule is CCNC(=NCCCn1nc(C)cc1C)NCCCCCC(=O)OC. The van der Waals surface area contributed by atoms with Gasteiger partial charge in [-0.15, -0.1) is 0 Å². The third-order valence-electron chi connectivity index (χ3n) is 3.82. The molecule has 0 saturated carbocycles. The van der Waals surface area contributed by atoms with Gasteiger partial charge in [-0.25, -0.2) is 0 Å². The van der Waals surface area contributed by atoms with E-state index in [-0.39, 0.29) is 5.97 Å². The van der Waals surface area contributed by atoms with Gasteiger partial charge in [-0.3, -0.25) is 14.5 Å². The quantitative estimate of drug-likeness (QED) is 0.276. The molecule has 142 valence electrons. The number of rotatable bonds is 11. The summed E-state index contributed by atoms with van der Waals surface area (Å²) >= 11 is 0. The van der Waals surface area contributed by atoms with E-state index in [0.717, 1.165) is 63.5 Å². The van der Waals surface area contributed by atoms with Gasteiger partial charge in [-0.05, 0) is 46.1 Å². The fraction of sp³-hybridized carbons (Fsp3) is 0.722. The zero-order chi connectivity index (χ0) is 18.5. The Morgan fingerprint density at radius 1 is 1.24 bits per heavy atom. The first kappa shape index (κ1) is 21.0.